The van der Waals surface area contributed by atoms with Gasteiger partial charge in [0.05, 0.1) is 11.3 Å². The van der Waals surface area contributed by atoms with E-state index in [4.69, 9.17) is 4.74 Å². The molecular formula is C24H27F3N4O2S. The molecule has 34 heavy (non-hydrogen) atoms. The van der Waals surface area contributed by atoms with E-state index < -0.39 is 17.6 Å². The fourth-order valence-electron chi connectivity index (χ4n) is 3.34. The monoisotopic (exact) mass is 492 g/mol. The topological polar surface area (TPSA) is 69.0 Å². The lowest BCUT2D eigenvalue weighted by atomic mass is 10.0. The van der Waals surface area contributed by atoms with Crippen molar-refractivity contribution in [2.75, 3.05) is 11.1 Å². The maximum absolute atomic E-state index is 12.9. The van der Waals surface area contributed by atoms with Crippen molar-refractivity contribution < 1.29 is 22.7 Å². The van der Waals surface area contributed by atoms with Crippen molar-refractivity contribution in [2.45, 2.75) is 58.1 Å². The Morgan fingerprint density at radius 3 is 2.62 bits per heavy atom. The number of benzene rings is 2. The highest BCUT2D eigenvalue weighted by Crippen LogP contribution is 2.31. The number of hydrogen-bond acceptors (Lipinski definition) is 5. The molecule has 3 aromatic rings. The van der Waals surface area contributed by atoms with Gasteiger partial charge in [-0.2, -0.15) is 13.2 Å². The zero-order valence-corrected chi connectivity index (χ0v) is 20.3. The van der Waals surface area contributed by atoms with Crippen LogP contribution in [-0.2, 0) is 24.1 Å². The van der Waals surface area contributed by atoms with Crippen molar-refractivity contribution in [1.82, 2.24) is 14.8 Å². The van der Waals surface area contributed by atoms with Crippen molar-refractivity contribution in [1.29, 1.82) is 0 Å². The van der Waals surface area contributed by atoms with Crippen LogP contribution < -0.4 is 10.1 Å². The largest absolute Gasteiger partial charge is 0.485 e. The van der Waals surface area contributed by atoms with Crippen LogP contribution in [0.2, 0.25) is 0 Å². The minimum absolute atomic E-state index is 0.0232. The van der Waals surface area contributed by atoms with Crippen molar-refractivity contribution in [3.8, 4) is 5.75 Å². The first-order valence-electron chi connectivity index (χ1n) is 10.8. The molecule has 1 amide bonds. The van der Waals surface area contributed by atoms with Gasteiger partial charge in [-0.05, 0) is 55.2 Å². The molecule has 2 aromatic carbocycles. The highest BCUT2D eigenvalue weighted by molar-refractivity contribution is 7.99. The number of carbonyl (C=O) groups excluding carboxylic acids is 1. The molecule has 0 bridgehead atoms. The lowest BCUT2D eigenvalue weighted by molar-refractivity contribution is -0.137. The summed E-state index contributed by atoms with van der Waals surface area (Å²) in [6.45, 7) is 8.95. The minimum atomic E-state index is -4.47. The van der Waals surface area contributed by atoms with Crippen LogP contribution in [0.15, 0.2) is 47.6 Å². The molecule has 0 saturated carbocycles. The molecule has 1 aromatic heterocycles. The van der Waals surface area contributed by atoms with Gasteiger partial charge in [-0.3, -0.25) is 4.79 Å². The summed E-state index contributed by atoms with van der Waals surface area (Å²) in [5.74, 6) is 1.27. The van der Waals surface area contributed by atoms with Crippen LogP contribution in [0, 0.1) is 6.92 Å². The molecule has 0 aliphatic heterocycles. The van der Waals surface area contributed by atoms with Crippen LogP contribution in [0.3, 0.4) is 0 Å². The maximum Gasteiger partial charge on any atom is 0.416 e. The van der Waals surface area contributed by atoms with Crippen molar-refractivity contribution in [3.63, 3.8) is 0 Å². The van der Waals surface area contributed by atoms with Crippen LogP contribution in [0.1, 0.15) is 49.2 Å². The highest BCUT2D eigenvalue weighted by Gasteiger charge is 2.30. The molecule has 0 spiro atoms. The lowest BCUT2D eigenvalue weighted by Gasteiger charge is -2.15. The molecule has 0 saturated heterocycles. The van der Waals surface area contributed by atoms with Crippen LogP contribution in [-0.4, -0.2) is 26.4 Å². The summed E-state index contributed by atoms with van der Waals surface area (Å²) >= 11 is 1.16. The van der Waals surface area contributed by atoms with E-state index in [1.54, 1.807) is 0 Å². The van der Waals surface area contributed by atoms with Crippen molar-refractivity contribution in [2.24, 2.45) is 0 Å². The van der Waals surface area contributed by atoms with Gasteiger partial charge in [0, 0.05) is 12.2 Å². The summed E-state index contributed by atoms with van der Waals surface area (Å²) in [5, 5.41) is 11.4. The van der Waals surface area contributed by atoms with Gasteiger partial charge < -0.3 is 14.6 Å². The Bertz CT molecular complexity index is 1150. The van der Waals surface area contributed by atoms with Gasteiger partial charge >= 0.3 is 6.18 Å². The van der Waals surface area contributed by atoms with Crippen LogP contribution in [0.5, 0.6) is 5.75 Å². The summed E-state index contributed by atoms with van der Waals surface area (Å²) in [6.07, 6.45) is -4.47. The van der Waals surface area contributed by atoms with Gasteiger partial charge in [0.2, 0.25) is 5.91 Å². The molecule has 6 nitrogen and oxygen atoms in total. The molecule has 0 unspecified atom stereocenters. The van der Waals surface area contributed by atoms with Gasteiger partial charge in [-0.1, -0.05) is 43.8 Å². The first kappa shape index (κ1) is 25.6. The van der Waals surface area contributed by atoms with E-state index in [1.807, 2.05) is 24.5 Å². The van der Waals surface area contributed by atoms with E-state index in [0.717, 1.165) is 40.8 Å². The zero-order chi connectivity index (χ0) is 24.9. The number of rotatable bonds is 9. The fraction of sp³-hybridized carbons (Fsp3) is 0.375. The predicted molar refractivity (Wildman–Crippen MR) is 126 cm³/mol. The summed E-state index contributed by atoms with van der Waals surface area (Å²) in [7, 11) is 0. The normalized spacial score (nSPS) is 11.6. The summed E-state index contributed by atoms with van der Waals surface area (Å²) in [4.78, 5) is 12.3. The number of thioether (sulfide) groups is 1. The van der Waals surface area contributed by atoms with E-state index in [0.29, 0.717) is 23.4 Å². The van der Waals surface area contributed by atoms with Crippen LogP contribution in [0.4, 0.5) is 18.9 Å². The molecule has 0 fully saturated rings. The van der Waals surface area contributed by atoms with E-state index in [-0.39, 0.29) is 18.0 Å². The molecule has 3 rings (SSSR count). The SMILES string of the molecule is CCn1c(COc2cc(C)ccc2C(C)C)nnc1SCC(=O)Nc1cccc(C(F)(F)F)c1. The Morgan fingerprint density at radius 1 is 1.18 bits per heavy atom. The summed E-state index contributed by atoms with van der Waals surface area (Å²) < 4.78 is 46.5. The molecule has 0 atom stereocenters. The fourth-order valence-corrected chi connectivity index (χ4v) is 4.16. The summed E-state index contributed by atoms with van der Waals surface area (Å²) in [6, 6.07) is 10.6. The van der Waals surface area contributed by atoms with Gasteiger partial charge in [0.15, 0.2) is 11.0 Å². The van der Waals surface area contributed by atoms with E-state index >= 15 is 0 Å². The molecule has 0 radical (unpaired) electrons. The average Bonchev–Trinajstić information content (AvgIpc) is 3.17. The first-order valence-corrected chi connectivity index (χ1v) is 11.8. The second-order valence-corrected chi connectivity index (χ2v) is 8.99. The molecule has 1 N–H and O–H groups in total. The predicted octanol–water partition coefficient (Wildman–Crippen LogP) is 6.06. The number of aryl methyl sites for hydroxylation is 1. The van der Waals surface area contributed by atoms with Crippen LogP contribution in [0.25, 0.3) is 0 Å². The number of nitrogens with one attached hydrogen (secondary N) is 1. The maximum atomic E-state index is 12.9. The molecule has 1 heterocycles. The number of amides is 1. The van der Waals surface area contributed by atoms with Crippen molar-refractivity contribution >= 4 is 23.4 Å². The van der Waals surface area contributed by atoms with Crippen molar-refractivity contribution in [3.05, 3.63) is 65.0 Å². The van der Waals surface area contributed by atoms with Gasteiger partial charge in [0.25, 0.3) is 0 Å². The van der Waals surface area contributed by atoms with Gasteiger partial charge in [-0.25, -0.2) is 0 Å². The Kier molecular flexibility index (Phi) is 8.24. The Morgan fingerprint density at radius 2 is 1.94 bits per heavy atom. The first-order chi connectivity index (χ1) is 16.1. The molecule has 0 aliphatic rings. The molecule has 182 valence electrons. The number of anilines is 1. The van der Waals surface area contributed by atoms with E-state index in [2.05, 4.69) is 41.5 Å². The summed E-state index contributed by atoms with van der Waals surface area (Å²) in [5.41, 5.74) is 1.47. The quantitative estimate of drug-likeness (QED) is 0.368. The molecule has 0 aliphatic carbocycles. The van der Waals surface area contributed by atoms with Crippen LogP contribution >= 0.6 is 11.8 Å². The Balaban J connectivity index is 1.63. The minimum Gasteiger partial charge on any atom is -0.485 e. The average molecular weight is 493 g/mol. The number of ether oxygens (including phenoxy) is 1. The third kappa shape index (κ3) is 6.53. The number of nitrogens with zero attached hydrogens (tertiary/aromatic N) is 3. The molecular weight excluding hydrogens is 465 g/mol. The smallest absolute Gasteiger partial charge is 0.416 e. The Labute approximate surface area is 200 Å². The van der Waals surface area contributed by atoms with Gasteiger partial charge in [-0.15, -0.1) is 10.2 Å². The van der Waals surface area contributed by atoms with E-state index in [9.17, 15) is 18.0 Å². The number of carbonyl (C=O) groups is 1. The second kappa shape index (κ2) is 10.9. The number of alkyl halides is 3. The molecule has 10 heteroatoms. The number of aromatic nitrogens is 3. The number of hydrogen-bond donors (Lipinski definition) is 1. The third-order valence-electron chi connectivity index (χ3n) is 5.06. The number of halogens is 3. The Hall–Kier alpha value is -3.01. The highest BCUT2D eigenvalue weighted by atomic mass is 32.2. The standard InChI is InChI=1S/C24H27F3N4O2S/c1-5-31-21(13-33-20-11-16(4)9-10-19(20)15(2)3)29-30-23(31)34-14-22(32)28-18-8-6-7-17(12-18)24(25,26)27/h6-12,15H,5,13-14H2,1-4H3,(H,28,32). The third-order valence-corrected chi connectivity index (χ3v) is 6.03. The van der Waals surface area contributed by atoms with E-state index in [1.165, 1.54) is 12.1 Å². The van der Waals surface area contributed by atoms with Gasteiger partial charge in [0.1, 0.15) is 12.4 Å². The lowest BCUT2D eigenvalue weighted by Crippen LogP contribution is -2.15. The zero-order valence-electron chi connectivity index (χ0n) is 19.4. The second-order valence-electron chi connectivity index (χ2n) is 8.04.